The molecule has 2 fully saturated rings. The molecule has 2 N–H and O–H groups in total. The molecule has 2 heterocycles. The van der Waals surface area contributed by atoms with Crippen LogP contribution in [0, 0.1) is 5.92 Å². The third kappa shape index (κ3) is 3.03. The minimum Gasteiger partial charge on any atom is -0.383 e. The van der Waals surface area contributed by atoms with Crippen LogP contribution < -0.4 is 10.6 Å². The van der Waals surface area contributed by atoms with E-state index in [1.807, 2.05) is 0 Å². The van der Waals surface area contributed by atoms with Crippen LogP contribution in [0.3, 0.4) is 0 Å². The molecule has 2 aliphatic rings. The lowest BCUT2D eigenvalue weighted by atomic mass is 10.1. The Labute approximate surface area is 121 Å². The Morgan fingerprint density at radius 2 is 1.95 bits per heavy atom. The van der Waals surface area contributed by atoms with Gasteiger partial charge in [-0.2, -0.15) is 0 Å². The highest BCUT2D eigenvalue weighted by Crippen LogP contribution is 2.30. The van der Waals surface area contributed by atoms with Crippen molar-refractivity contribution in [3.05, 3.63) is 11.9 Å². The molecule has 0 unspecified atom stereocenters. The number of hydrogen-bond acceptors (Lipinski definition) is 5. The first-order valence-corrected chi connectivity index (χ1v) is 7.84. The standard InChI is InChI=1S/C15H25N5/c1-2-3-13-14(16)17-11-18-15(13)20-8-6-19(7-9-20)10-12-4-5-12/h11-12H,2-10H2,1H3,(H2,16,17,18). The third-order valence-electron chi connectivity index (χ3n) is 4.34. The number of anilines is 2. The van der Waals surface area contributed by atoms with Crippen molar-refractivity contribution in [3.63, 3.8) is 0 Å². The molecule has 0 aromatic carbocycles. The van der Waals surface area contributed by atoms with Crippen LogP contribution in [0.4, 0.5) is 11.6 Å². The second kappa shape index (κ2) is 5.95. The van der Waals surface area contributed by atoms with E-state index in [2.05, 4.69) is 26.7 Å². The molecule has 0 spiro atoms. The molecule has 3 rings (SSSR count). The molecule has 5 nitrogen and oxygen atoms in total. The maximum atomic E-state index is 6.03. The predicted molar refractivity (Wildman–Crippen MR) is 81.8 cm³/mol. The van der Waals surface area contributed by atoms with E-state index in [4.69, 9.17) is 5.73 Å². The molecule has 0 bridgehead atoms. The van der Waals surface area contributed by atoms with Crippen molar-refractivity contribution >= 4 is 11.6 Å². The van der Waals surface area contributed by atoms with Crippen LogP contribution in [-0.4, -0.2) is 47.6 Å². The van der Waals surface area contributed by atoms with E-state index >= 15 is 0 Å². The zero-order valence-electron chi connectivity index (χ0n) is 12.4. The van der Waals surface area contributed by atoms with Crippen LogP contribution in [0.5, 0.6) is 0 Å². The summed E-state index contributed by atoms with van der Waals surface area (Å²) in [6.07, 6.45) is 6.50. The topological polar surface area (TPSA) is 58.3 Å². The average molecular weight is 275 g/mol. The first-order valence-electron chi connectivity index (χ1n) is 7.84. The summed E-state index contributed by atoms with van der Waals surface area (Å²) in [5.41, 5.74) is 7.16. The number of piperazine rings is 1. The summed E-state index contributed by atoms with van der Waals surface area (Å²) in [7, 11) is 0. The quantitative estimate of drug-likeness (QED) is 0.883. The lowest BCUT2D eigenvalue weighted by molar-refractivity contribution is 0.247. The van der Waals surface area contributed by atoms with Crippen molar-refractivity contribution in [3.8, 4) is 0 Å². The Hall–Kier alpha value is -1.36. The molecule has 1 saturated carbocycles. The summed E-state index contributed by atoms with van der Waals surface area (Å²) in [6.45, 7) is 7.86. The first-order chi connectivity index (χ1) is 9.78. The van der Waals surface area contributed by atoms with E-state index < -0.39 is 0 Å². The Morgan fingerprint density at radius 3 is 2.60 bits per heavy atom. The van der Waals surface area contributed by atoms with Gasteiger partial charge in [0, 0.05) is 38.3 Å². The first kappa shape index (κ1) is 13.6. The van der Waals surface area contributed by atoms with Gasteiger partial charge in [-0.05, 0) is 25.2 Å². The molecule has 1 aromatic rings. The predicted octanol–water partition coefficient (Wildman–Crippen LogP) is 1.54. The van der Waals surface area contributed by atoms with Crippen LogP contribution in [0.1, 0.15) is 31.7 Å². The Bertz CT molecular complexity index is 450. The van der Waals surface area contributed by atoms with Crippen molar-refractivity contribution in [1.82, 2.24) is 14.9 Å². The minimum absolute atomic E-state index is 0.650. The number of nitrogens with two attached hydrogens (primary N) is 1. The van der Waals surface area contributed by atoms with E-state index in [-0.39, 0.29) is 0 Å². The molecular weight excluding hydrogens is 250 g/mol. The SMILES string of the molecule is CCCc1c(N)ncnc1N1CCN(CC2CC2)CC1. The van der Waals surface area contributed by atoms with Crippen molar-refractivity contribution in [2.45, 2.75) is 32.6 Å². The fraction of sp³-hybridized carbons (Fsp3) is 0.733. The van der Waals surface area contributed by atoms with E-state index in [9.17, 15) is 0 Å². The van der Waals surface area contributed by atoms with Crippen molar-refractivity contribution < 1.29 is 0 Å². The molecule has 5 heteroatoms. The van der Waals surface area contributed by atoms with Gasteiger partial charge in [-0.25, -0.2) is 9.97 Å². The number of nitrogens with zero attached hydrogens (tertiary/aromatic N) is 4. The molecule has 1 aliphatic carbocycles. The molecule has 0 radical (unpaired) electrons. The van der Waals surface area contributed by atoms with Crippen molar-refractivity contribution in [2.24, 2.45) is 5.92 Å². The van der Waals surface area contributed by atoms with Gasteiger partial charge >= 0.3 is 0 Å². The maximum Gasteiger partial charge on any atom is 0.137 e. The second-order valence-electron chi connectivity index (χ2n) is 6.04. The zero-order chi connectivity index (χ0) is 13.9. The van der Waals surface area contributed by atoms with Gasteiger partial charge in [0.25, 0.3) is 0 Å². The minimum atomic E-state index is 0.650. The van der Waals surface area contributed by atoms with Gasteiger partial charge < -0.3 is 10.6 Å². The number of nitrogen functional groups attached to an aromatic ring is 1. The highest BCUT2D eigenvalue weighted by Gasteiger charge is 2.27. The average Bonchev–Trinajstić information content (AvgIpc) is 3.26. The number of aromatic nitrogens is 2. The van der Waals surface area contributed by atoms with Crippen molar-refractivity contribution in [2.75, 3.05) is 43.4 Å². The summed E-state index contributed by atoms with van der Waals surface area (Å²) in [5.74, 6) is 2.69. The number of hydrogen-bond donors (Lipinski definition) is 1. The number of rotatable bonds is 5. The molecule has 1 aromatic heterocycles. The van der Waals surface area contributed by atoms with Crippen LogP contribution in [0.15, 0.2) is 6.33 Å². The lowest BCUT2D eigenvalue weighted by Crippen LogP contribution is -2.47. The van der Waals surface area contributed by atoms with Gasteiger partial charge in [0.1, 0.15) is 18.0 Å². The molecule has 1 saturated heterocycles. The highest BCUT2D eigenvalue weighted by molar-refractivity contribution is 5.56. The van der Waals surface area contributed by atoms with E-state index in [0.29, 0.717) is 5.82 Å². The summed E-state index contributed by atoms with van der Waals surface area (Å²) in [5, 5.41) is 0. The van der Waals surface area contributed by atoms with E-state index in [1.54, 1.807) is 6.33 Å². The smallest absolute Gasteiger partial charge is 0.137 e. The fourth-order valence-corrected chi connectivity index (χ4v) is 2.99. The fourth-order valence-electron chi connectivity index (χ4n) is 2.99. The summed E-state index contributed by atoms with van der Waals surface area (Å²) in [6, 6.07) is 0. The Balaban J connectivity index is 1.66. The van der Waals surface area contributed by atoms with Crippen molar-refractivity contribution in [1.29, 1.82) is 0 Å². The van der Waals surface area contributed by atoms with Gasteiger partial charge in [0.2, 0.25) is 0 Å². The van der Waals surface area contributed by atoms with Gasteiger partial charge in [0.05, 0.1) is 0 Å². The van der Waals surface area contributed by atoms with E-state index in [1.165, 1.54) is 19.4 Å². The molecular formula is C15H25N5. The van der Waals surface area contributed by atoms with Crippen LogP contribution in [-0.2, 0) is 6.42 Å². The van der Waals surface area contributed by atoms with Crippen LogP contribution in [0.25, 0.3) is 0 Å². The third-order valence-corrected chi connectivity index (χ3v) is 4.34. The molecule has 1 aliphatic heterocycles. The Kier molecular flexibility index (Phi) is 4.05. The summed E-state index contributed by atoms with van der Waals surface area (Å²) >= 11 is 0. The van der Waals surface area contributed by atoms with Gasteiger partial charge in [-0.15, -0.1) is 0 Å². The summed E-state index contributed by atoms with van der Waals surface area (Å²) in [4.78, 5) is 13.6. The van der Waals surface area contributed by atoms with Gasteiger partial charge in [-0.3, -0.25) is 4.90 Å². The lowest BCUT2D eigenvalue weighted by Gasteiger charge is -2.36. The summed E-state index contributed by atoms with van der Waals surface area (Å²) < 4.78 is 0. The molecule has 110 valence electrons. The highest BCUT2D eigenvalue weighted by atomic mass is 15.3. The van der Waals surface area contributed by atoms with Gasteiger partial charge in [0.15, 0.2) is 0 Å². The van der Waals surface area contributed by atoms with E-state index in [0.717, 1.165) is 56.3 Å². The molecule has 0 atom stereocenters. The normalized spacial score (nSPS) is 20.4. The monoisotopic (exact) mass is 275 g/mol. The largest absolute Gasteiger partial charge is 0.383 e. The Morgan fingerprint density at radius 1 is 1.20 bits per heavy atom. The molecule has 0 amide bonds. The second-order valence-corrected chi connectivity index (χ2v) is 6.04. The zero-order valence-corrected chi connectivity index (χ0v) is 12.4. The maximum absolute atomic E-state index is 6.03. The van der Waals surface area contributed by atoms with Gasteiger partial charge in [-0.1, -0.05) is 13.3 Å². The molecule has 20 heavy (non-hydrogen) atoms. The van der Waals surface area contributed by atoms with Crippen LogP contribution >= 0.6 is 0 Å². The van der Waals surface area contributed by atoms with Crippen LogP contribution in [0.2, 0.25) is 0 Å².